The van der Waals surface area contributed by atoms with Gasteiger partial charge in [0.05, 0.1) is 5.75 Å². The molecule has 0 atom stereocenters. The van der Waals surface area contributed by atoms with E-state index in [1.165, 1.54) is 0 Å². The normalized spacial score (nSPS) is 13.1. The molecule has 0 saturated carbocycles. The lowest BCUT2D eigenvalue weighted by Crippen LogP contribution is -2.40. The zero-order valence-corrected chi connectivity index (χ0v) is 11.1. The van der Waals surface area contributed by atoms with Gasteiger partial charge in [-0.05, 0) is 26.0 Å². The van der Waals surface area contributed by atoms with Gasteiger partial charge in [-0.25, -0.2) is 13.1 Å². The van der Waals surface area contributed by atoms with E-state index in [0.29, 0.717) is 6.54 Å². The van der Waals surface area contributed by atoms with Crippen LogP contribution in [0.4, 0.5) is 0 Å². The minimum Gasteiger partial charge on any atom is -0.214 e. The molecule has 86 valence electrons. The highest BCUT2D eigenvalue weighted by Gasteiger charge is 2.26. The Hall–Kier alpha value is 0.260. The molecule has 0 radical (unpaired) electrons. The molecule has 0 heterocycles. The van der Waals surface area contributed by atoms with Crippen molar-refractivity contribution >= 4 is 21.8 Å². The van der Waals surface area contributed by atoms with Crippen molar-refractivity contribution in [2.45, 2.75) is 38.4 Å². The first-order chi connectivity index (χ1) is 6.45. The molecule has 0 spiro atoms. The molecule has 0 bridgehead atoms. The molecule has 0 aromatic rings. The molecular formula is C9H21NO2S2. The van der Waals surface area contributed by atoms with Gasteiger partial charge in [0.2, 0.25) is 10.0 Å². The Balaban J connectivity index is 4.34. The van der Waals surface area contributed by atoms with Crippen molar-refractivity contribution in [3.8, 4) is 0 Å². The Bertz CT molecular complexity index is 237. The molecule has 5 heteroatoms. The van der Waals surface area contributed by atoms with Crippen molar-refractivity contribution in [3.05, 3.63) is 0 Å². The van der Waals surface area contributed by atoms with Gasteiger partial charge in [0.1, 0.15) is 0 Å². The van der Waals surface area contributed by atoms with Gasteiger partial charge in [-0.1, -0.05) is 13.8 Å². The summed E-state index contributed by atoms with van der Waals surface area (Å²) >= 11 is 1.74. The SMILES string of the molecule is CCC(CC)(CNS(=O)(=O)CC)SC. The van der Waals surface area contributed by atoms with Crippen LogP contribution in [0.1, 0.15) is 33.6 Å². The Labute approximate surface area is 92.1 Å². The second-order valence-electron chi connectivity index (χ2n) is 3.32. The monoisotopic (exact) mass is 239 g/mol. The molecule has 3 nitrogen and oxygen atoms in total. The molecule has 0 aromatic carbocycles. The van der Waals surface area contributed by atoms with Gasteiger partial charge in [-0.2, -0.15) is 11.8 Å². The fourth-order valence-corrected chi connectivity index (χ4v) is 2.79. The maximum atomic E-state index is 11.3. The Morgan fingerprint density at radius 1 is 1.21 bits per heavy atom. The molecule has 0 rings (SSSR count). The van der Waals surface area contributed by atoms with E-state index in [1.807, 2.05) is 6.26 Å². The third kappa shape index (κ3) is 4.19. The van der Waals surface area contributed by atoms with Crippen LogP contribution >= 0.6 is 11.8 Å². The average Bonchev–Trinajstić information content (AvgIpc) is 2.21. The quantitative estimate of drug-likeness (QED) is 0.737. The van der Waals surface area contributed by atoms with Crippen LogP contribution in [-0.2, 0) is 10.0 Å². The van der Waals surface area contributed by atoms with Gasteiger partial charge in [0.15, 0.2) is 0 Å². The first-order valence-corrected chi connectivity index (χ1v) is 7.85. The highest BCUT2D eigenvalue weighted by Crippen LogP contribution is 2.29. The number of nitrogens with one attached hydrogen (secondary N) is 1. The summed E-state index contributed by atoms with van der Waals surface area (Å²) in [6.45, 7) is 6.39. The molecule has 1 N–H and O–H groups in total. The average molecular weight is 239 g/mol. The molecule has 0 amide bonds. The fourth-order valence-electron chi connectivity index (χ4n) is 1.20. The summed E-state index contributed by atoms with van der Waals surface area (Å²) in [5.74, 6) is 0.158. The summed E-state index contributed by atoms with van der Waals surface area (Å²) < 4.78 is 25.3. The van der Waals surface area contributed by atoms with Crippen LogP contribution < -0.4 is 4.72 Å². The number of sulfonamides is 1. The van der Waals surface area contributed by atoms with Crippen molar-refractivity contribution in [1.29, 1.82) is 0 Å². The smallest absolute Gasteiger partial charge is 0.211 e. The lowest BCUT2D eigenvalue weighted by atomic mass is 10.0. The summed E-state index contributed by atoms with van der Waals surface area (Å²) in [6.07, 6.45) is 4.00. The zero-order valence-electron chi connectivity index (χ0n) is 9.46. The summed E-state index contributed by atoms with van der Waals surface area (Å²) in [6, 6.07) is 0. The van der Waals surface area contributed by atoms with Crippen LogP contribution in [0.5, 0.6) is 0 Å². The molecule has 0 aliphatic heterocycles. The Kier molecular flexibility index (Phi) is 6.09. The standard InChI is InChI=1S/C9H21NO2S2/c1-5-9(6-2,13-4)8-10-14(11,12)7-3/h10H,5-8H2,1-4H3. The number of rotatable bonds is 7. The lowest BCUT2D eigenvalue weighted by Gasteiger charge is -2.29. The van der Waals surface area contributed by atoms with Gasteiger partial charge in [-0.3, -0.25) is 0 Å². The van der Waals surface area contributed by atoms with E-state index >= 15 is 0 Å². The van der Waals surface area contributed by atoms with Crippen LogP contribution in [0.3, 0.4) is 0 Å². The number of thioether (sulfide) groups is 1. The second kappa shape index (κ2) is 5.98. The third-order valence-electron chi connectivity index (χ3n) is 2.72. The van der Waals surface area contributed by atoms with E-state index in [4.69, 9.17) is 0 Å². The van der Waals surface area contributed by atoms with E-state index in [-0.39, 0.29) is 10.5 Å². The summed E-state index contributed by atoms with van der Waals surface area (Å²) in [7, 11) is -3.05. The van der Waals surface area contributed by atoms with E-state index in [2.05, 4.69) is 18.6 Å². The molecule has 0 aromatic heterocycles. The van der Waals surface area contributed by atoms with Gasteiger partial charge in [0.25, 0.3) is 0 Å². The molecule has 0 aliphatic rings. The van der Waals surface area contributed by atoms with Gasteiger partial charge < -0.3 is 0 Å². The minimum atomic E-state index is -3.05. The summed E-state index contributed by atoms with van der Waals surface area (Å²) in [5, 5.41) is 0. The number of hydrogen-bond acceptors (Lipinski definition) is 3. The molecule has 0 fully saturated rings. The topological polar surface area (TPSA) is 46.2 Å². The van der Waals surface area contributed by atoms with E-state index in [1.54, 1.807) is 18.7 Å². The van der Waals surface area contributed by atoms with Crippen molar-refractivity contribution < 1.29 is 8.42 Å². The molecule has 0 aliphatic carbocycles. The van der Waals surface area contributed by atoms with Crippen LogP contribution in [0.25, 0.3) is 0 Å². The molecule has 0 saturated heterocycles. The minimum absolute atomic E-state index is 0.0578. The van der Waals surface area contributed by atoms with Crippen molar-refractivity contribution in [3.63, 3.8) is 0 Å². The molecule has 14 heavy (non-hydrogen) atoms. The Morgan fingerprint density at radius 3 is 2.00 bits per heavy atom. The van der Waals surface area contributed by atoms with Gasteiger partial charge in [0, 0.05) is 11.3 Å². The Morgan fingerprint density at radius 2 is 1.71 bits per heavy atom. The van der Waals surface area contributed by atoms with Gasteiger partial charge >= 0.3 is 0 Å². The van der Waals surface area contributed by atoms with Crippen LogP contribution in [-0.4, -0.2) is 31.7 Å². The second-order valence-corrected chi connectivity index (χ2v) is 6.69. The zero-order chi connectivity index (χ0) is 11.2. The highest BCUT2D eigenvalue weighted by molar-refractivity contribution is 8.00. The van der Waals surface area contributed by atoms with Crippen LogP contribution in [0.2, 0.25) is 0 Å². The van der Waals surface area contributed by atoms with E-state index < -0.39 is 10.0 Å². The first kappa shape index (κ1) is 14.3. The summed E-state index contributed by atoms with van der Waals surface area (Å²) in [4.78, 5) is 0. The van der Waals surface area contributed by atoms with E-state index in [9.17, 15) is 8.42 Å². The molecule has 0 unspecified atom stereocenters. The summed E-state index contributed by atoms with van der Waals surface area (Å²) in [5.41, 5.74) is 0. The van der Waals surface area contributed by atoms with Crippen LogP contribution in [0.15, 0.2) is 0 Å². The van der Waals surface area contributed by atoms with E-state index in [0.717, 1.165) is 12.8 Å². The third-order valence-corrected chi connectivity index (χ3v) is 5.65. The van der Waals surface area contributed by atoms with Crippen LogP contribution in [0, 0.1) is 0 Å². The van der Waals surface area contributed by atoms with Crippen molar-refractivity contribution in [1.82, 2.24) is 4.72 Å². The number of hydrogen-bond donors (Lipinski definition) is 1. The van der Waals surface area contributed by atoms with Crippen molar-refractivity contribution in [2.75, 3.05) is 18.6 Å². The predicted octanol–water partition coefficient (Wildman–Crippen LogP) is 1.85. The lowest BCUT2D eigenvalue weighted by molar-refractivity contribution is 0.522. The van der Waals surface area contributed by atoms with Gasteiger partial charge in [-0.15, -0.1) is 0 Å². The van der Waals surface area contributed by atoms with Crippen molar-refractivity contribution in [2.24, 2.45) is 0 Å². The maximum absolute atomic E-state index is 11.3. The maximum Gasteiger partial charge on any atom is 0.211 e. The first-order valence-electron chi connectivity index (χ1n) is 4.97. The predicted molar refractivity (Wildman–Crippen MR) is 64.3 cm³/mol. The largest absolute Gasteiger partial charge is 0.214 e. The molecular weight excluding hydrogens is 218 g/mol. The highest BCUT2D eigenvalue weighted by atomic mass is 32.2. The fraction of sp³-hybridized carbons (Fsp3) is 1.00.